The molecule has 4 aromatic rings. The van der Waals surface area contributed by atoms with E-state index >= 15 is 0 Å². The Balaban J connectivity index is 1.94. The number of aromatic carboxylic acids is 1. The fraction of sp³-hybridized carbons (Fsp3) is 0.192. The number of rotatable bonds is 6. The number of aromatic nitrogens is 2. The number of hydrogen-bond acceptors (Lipinski definition) is 5. The first-order chi connectivity index (χ1) is 15.8. The Morgan fingerprint density at radius 1 is 1.09 bits per heavy atom. The van der Waals surface area contributed by atoms with Gasteiger partial charge in [-0.05, 0) is 29.7 Å². The van der Waals surface area contributed by atoms with Gasteiger partial charge in [0.25, 0.3) is 5.56 Å². The number of para-hydroxylation sites is 1. The van der Waals surface area contributed by atoms with Crippen molar-refractivity contribution < 1.29 is 19.7 Å². The number of methoxy groups -OCH3 is 1. The Bertz CT molecular complexity index is 1420. The lowest BCUT2D eigenvalue weighted by atomic mass is 10.0. The maximum absolute atomic E-state index is 12.8. The molecule has 7 nitrogen and oxygen atoms in total. The van der Waals surface area contributed by atoms with Crippen molar-refractivity contribution in [1.29, 1.82) is 0 Å². The summed E-state index contributed by atoms with van der Waals surface area (Å²) in [6.07, 6.45) is 0. The summed E-state index contributed by atoms with van der Waals surface area (Å²) >= 11 is 0. The van der Waals surface area contributed by atoms with E-state index in [0.717, 1.165) is 21.6 Å². The Hall–Kier alpha value is -4.13. The van der Waals surface area contributed by atoms with Crippen LogP contribution in [0.15, 0.2) is 65.5 Å². The van der Waals surface area contributed by atoms with Gasteiger partial charge in [-0.15, -0.1) is 0 Å². The fourth-order valence-electron chi connectivity index (χ4n) is 3.90. The third kappa shape index (κ3) is 4.17. The van der Waals surface area contributed by atoms with Crippen LogP contribution in [0, 0.1) is 0 Å². The van der Waals surface area contributed by atoms with E-state index in [1.807, 2.05) is 24.3 Å². The average molecular weight is 444 g/mol. The molecule has 0 aliphatic carbocycles. The molecule has 0 fully saturated rings. The van der Waals surface area contributed by atoms with Crippen LogP contribution in [0.5, 0.6) is 11.5 Å². The lowest BCUT2D eigenvalue weighted by Gasteiger charge is -2.17. The highest BCUT2D eigenvalue weighted by Gasteiger charge is 2.24. The van der Waals surface area contributed by atoms with Crippen LogP contribution in [0.3, 0.4) is 0 Å². The maximum Gasteiger partial charge on any atom is 0.353 e. The normalized spacial score (nSPS) is 11.2. The summed E-state index contributed by atoms with van der Waals surface area (Å²) in [4.78, 5) is 29.7. The van der Waals surface area contributed by atoms with E-state index in [2.05, 4.69) is 18.8 Å². The zero-order chi connectivity index (χ0) is 23.7. The Morgan fingerprint density at radius 2 is 1.82 bits per heavy atom. The standard InChI is InChI=1S/C26H24N2O5/c1-15(2)17-9-8-16-10-11-19(27-20(16)12-17)24-21(29)13-23(30)28(25(24)26(31)32)14-18-6-4-5-7-22(18)33-3/h4-13,15,29H,14H2,1-3H3,(H,31,32). The van der Waals surface area contributed by atoms with Crippen molar-refractivity contribution in [2.75, 3.05) is 7.11 Å². The van der Waals surface area contributed by atoms with Gasteiger partial charge in [0.2, 0.25) is 0 Å². The van der Waals surface area contributed by atoms with Crippen molar-refractivity contribution in [2.45, 2.75) is 26.3 Å². The minimum atomic E-state index is -1.34. The zero-order valence-electron chi connectivity index (χ0n) is 18.6. The number of nitrogens with zero attached hydrogens (tertiary/aromatic N) is 2. The lowest BCUT2D eigenvalue weighted by Crippen LogP contribution is -2.27. The Labute approximate surface area is 190 Å². The number of aromatic hydroxyl groups is 1. The van der Waals surface area contributed by atoms with Crippen LogP contribution in [-0.2, 0) is 6.54 Å². The summed E-state index contributed by atoms with van der Waals surface area (Å²) in [7, 11) is 1.51. The average Bonchev–Trinajstić information content (AvgIpc) is 2.79. The first kappa shape index (κ1) is 22.1. The quantitative estimate of drug-likeness (QED) is 0.449. The summed E-state index contributed by atoms with van der Waals surface area (Å²) in [5.74, 6) is -0.947. The van der Waals surface area contributed by atoms with Gasteiger partial charge in [0.05, 0.1) is 30.4 Å². The van der Waals surface area contributed by atoms with E-state index in [4.69, 9.17) is 4.74 Å². The second-order valence-corrected chi connectivity index (χ2v) is 8.10. The van der Waals surface area contributed by atoms with Crippen LogP contribution >= 0.6 is 0 Å². The SMILES string of the molecule is COc1ccccc1Cn1c(C(=O)O)c(-c2ccc3ccc(C(C)C)cc3n2)c(O)cc1=O. The molecule has 2 N–H and O–H groups in total. The van der Waals surface area contributed by atoms with Crippen LogP contribution in [-0.4, -0.2) is 32.8 Å². The second kappa shape index (κ2) is 8.78. The van der Waals surface area contributed by atoms with Gasteiger partial charge in [-0.3, -0.25) is 9.36 Å². The molecule has 2 heterocycles. The molecule has 0 unspecified atom stereocenters. The van der Waals surface area contributed by atoms with Crippen molar-refractivity contribution in [2.24, 2.45) is 0 Å². The molecular weight excluding hydrogens is 420 g/mol. The van der Waals surface area contributed by atoms with Gasteiger partial charge in [-0.1, -0.05) is 50.2 Å². The molecule has 4 rings (SSSR count). The number of carboxylic acids is 1. The summed E-state index contributed by atoms with van der Waals surface area (Å²) in [5, 5.41) is 21.6. The Morgan fingerprint density at radius 3 is 2.52 bits per heavy atom. The smallest absolute Gasteiger partial charge is 0.353 e. The first-order valence-electron chi connectivity index (χ1n) is 10.5. The number of pyridine rings is 2. The summed E-state index contributed by atoms with van der Waals surface area (Å²) in [5.41, 5.74) is 1.70. The highest BCUT2D eigenvalue weighted by molar-refractivity contribution is 5.96. The highest BCUT2D eigenvalue weighted by atomic mass is 16.5. The highest BCUT2D eigenvalue weighted by Crippen LogP contribution is 2.33. The van der Waals surface area contributed by atoms with E-state index in [1.165, 1.54) is 7.11 Å². The molecule has 0 bridgehead atoms. The molecule has 0 amide bonds. The van der Waals surface area contributed by atoms with Crippen molar-refractivity contribution in [1.82, 2.24) is 9.55 Å². The summed E-state index contributed by atoms with van der Waals surface area (Å²) < 4.78 is 6.47. The second-order valence-electron chi connectivity index (χ2n) is 8.10. The molecule has 0 aliphatic rings. The zero-order valence-corrected chi connectivity index (χ0v) is 18.6. The number of hydrogen-bond donors (Lipinski definition) is 2. The van der Waals surface area contributed by atoms with Gasteiger partial charge in [0, 0.05) is 17.0 Å². The van der Waals surface area contributed by atoms with Gasteiger partial charge in [-0.25, -0.2) is 9.78 Å². The van der Waals surface area contributed by atoms with Crippen molar-refractivity contribution in [3.8, 4) is 22.8 Å². The molecule has 33 heavy (non-hydrogen) atoms. The molecule has 7 heteroatoms. The predicted octanol–water partition coefficient (Wildman–Crippen LogP) is 4.65. The largest absolute Gasteiger partial charge is 0.507 e. The minimum absolute atomic E-state index is 0.00570. The van der Waals surface area contributed by atoms with E-state index in [0.29, 0.717) is 22.7 Å². The lowest BCUT2D eigenvalue weighted by molar-refractivity contribution is 0.0684. The van der Waals surface area contributed by atoms with Crippen LogP contribution in [0.2, 0.25) is 0 Å². The topological polar surface area (TPSA) is 102 Å². The van der Waals surface area contributed by atoms with Gasteiger partial charge >= 0.3 is 5.97 Å². The summed E-state index contributed by atoms with van der Waals surface area (Å²) in [6.45, 7) is 4.11. The molecular formula is C26H24N2O5. The fourth-order valence-corrected chi connectivity index (χ4v) is 3.90. The van der Waals surface area contributed by atoms with Crippen LogP contribution in [0.1, 0.15) is 41.4 Å². The molecule has 0 radical (unpaired) electrons. The van der Waals surface area contributed by atoms with Crippen LogP contribution < -0.4 is 10.3 Å². The van der Waals surface area contributed by atoms with E-state index < -0.39 is 17.3 Å². The van der Waals surface area contributed by atoms with Gasteiger partial charge in [-0.2, -0.15) is 0 Å². The number of carbonyl (C=O) groups is 1. The molecule has 2 aromatic heterocycles. The number of fused-ring (bicyclic) bond motifs is 1. The monoisotopic (exact) mass is 444 g/mol. The van der Waals surface area contributed by atoms with E-state index in [9.17, 15) is 19.8 Å². The molecule has 0 aliphatic heterocycles. The summed E-state index contributed by atoms with van der Waals surface area (Å²) in [6, 6.07) is 17.5. The molecule has 2 aromatic carbocycles. The predicted molar refractivity (Wildman–Crippen MR) is 126 cm³/mol. The van der Waals surface area contributed by atoms with Crippen LogP contribution in [0.25, 0.3) is 22.2 Å². The van der Waals surface area contributed by atoms with Gasteiger partial charge in [0.1, 0.15) is 17.2 Å². The molecule has 0 spiro atoms. The van der Waals surface area contributed by atoms with E-state index in [1.54, 1.807) is 30.3 Å². The molecule has 168 valence electrons. The molecule has 0 saturated carbocycles. The van der Waals surface area contributed by atoms with Crippen molar-refractivity contribution in [3.63, 3.8) is 0 Å². The third-order valence-corrected chi connectivity index (χ3v) is 5.65. The number of benzene rings is 2. The van der Waals surface area contributed by atoms with Gasteiger partial charge in [0.15, 0.2) is 0 Å². The number of ether oxygens (including phenoxy) is 1. The Kier molecular flexibility index (Phi) is 5.87. The first-order valence-corrected chi connectivity index (χ1v) is 10.5. The minimum Gasteiger partial charge on any atom is -0.507 e. The van der Waals surface area contributed by atoms with Crippen molar-refractivity contribution in [3.05, 3.63) is 87.8 Å². The maximum atomic E-state index is 12.8. The van der Waals surface area contributed by atoms with Crippen LogP contribution in [0.4, 0.5) is 0 Å². The van der Waals surface area contributed by atoms with Crippen molar-refractivity contribution >= 4 is 16.9 Å². The number of carboxylic acid groups (broad SMARTS) is 1. The third-order valence-electron chi connectivity index (χ3n) is 5.65. The molecule has 0 atom stereocenters. The van der Waals surface area contributed by atoms with Gasteiger partial charge < -0.3 is 14.9 Å². The molecule has 0 saturated heterocycles. The van der Waals surface area contributed by atoms with E-state index in [-0.39, 0.29) is 23.5 Å².